The fourth-order valence-electron chi connectivity index (χ4n) is 5.01. The molecule has 1 amide bonds. The first-order valence-electron chi connectivity index (χ1n) is 12.1. The van der Waals surface area contributed by atoms with Crippen molar-refractivity contribution in [3.05, 3.63) is 64.7 Å². The van der Waals surface area contributed by atoms with Crippen LogP contribution in [0.2, 0.25) is 0 Å². The molecule has 3 heterocycles. The highest BCUT2D eigenvalue weighted by Crippen LogP contribution is 2.41. The Morgan fingerprint density at radius 1 is 0.972 bits per heavy atom. The van der Waals surface area contributed by atoms with Crippen LogP contribution in [0.25, 0.3) is 5.76 Å². The van der Waals surface area contributed by atoms with Gasteiger partial charge in [0.05, 0.1) is 24.3 Å². The van der Waals surface area contributed by atoms with E-state index in [9.17, 15) is 19.5 Å². The van der Waals surface area contributed by atoms with E-state index < -0.39 is 23.7 Å². The Morgan fingerprint density at radius 2 is 1.67 bits per heavy atom. The molecule has 0 saturated carbocycles. The molecule has 188 valence electrons. The van der Waals surface area contributed by atoms with E-state index in [1.807, 2.05) is 0 Å². The van der Waals surface area contributed by atoms with Crippen molar-refractivity contribution in [1.82, 2.24) is 9.80 Å². The number of carbonyl (C=O) groups is 3. The zero-order valence-electron chi connectivity index (χ0n) is 20.1. The maximum Gasteiger partial charge on any atom is 0.337 e. The number of ketones is 1. The average molecular weight is 493 g/mol. The van der Waals surface area contributed by atoms with Crippen LogP contribution in [-0.4, -0.2) is 72.6 Å². The van der Waals surface area contributed by atoms with E-state index in [0.29, 0.717) is 41.3 Å². The third kappa shape index (κ3) is 4.42. The average Bonchev–Trinajstić information content (AvgIpc) is 3.49. The van der Waals surface area contributed by atoms with Gasteiger partial charge in [0.15, 0.2) is 11.5 Å². The summed E-state index contributed by atoms with van der Waals surface area (Å²) in [6.07, 6.45) is 3.42. The van der Waals surface area contributed by atoms with Crippen molar-refractivity contribution in [2.75, 3.05) is 40.1 Å². The van der Waals surface area contributed by atoms with Crippen molar-refractivity contribution in [3.63, 3.8) is 0 Å². The molecule has 0 aliphatic carbocycles. The van der Waals surface area contributed by atoms with E-state index in [4.69, 9.17) is 14.2 Å². The minimum atomic E-state index is -0.799. The van der Waals surface area contributed by atoms with E-state index in [2.05, 4.69) is 4.90 Å². The predicted octanol–water partition coefficient (Wildman–Crippen LogP) is 3.11. The smallest absolute Gasteiger partial charge is 0.337 e. The Morgan fingerprint density at radius 3 is 2.39 bits per heavy atom. The van der Waals surface area contributed by atoms with Gasteiger partial charge in [-0.05, 0) is 61.8 Å². The quantitative estimate of drug-likeness (QED) is 0.284. The van der Waals surface area contributed by atoms with Crippen LogP contribution >= 0.6 is 0 Å². The van der Waals surface area contributed by atoms with Gasteiger partial charge < -0.3 is 29.1 Å². The van der Waals surface area contributed by atoms with Crippen molar-refractivity contribution in [2.45, 2.75) is 25.3 Å². The summed E-state index contributed by atoms with van der Waals surface area (Å²) in [5.74, 6) is -1.17. The summed E-state index contributed by atoms with van der Waals surface area (Å²) in [6, 6.07) is 10.6. The molecule has 1 N–H and O–H groups in total. The van der Waals surface area contributed by atoms with Crippen LogP contribution in [0, 0.1) is 0 Å². The number of carbonyl (C=O) groups excluding carboxylic acids is 3. The Hall–Kier alpha value is -3.85. The summed E-state index contributed by atoms with van der Waals surface area (Å²) in [5.41, 5.74) is 1.32. The van der Waals surface area contributed by atoms with Crippen molar-refractivity contribution in [2.24, 2.45) is 0 Å². The highest BCUT2D eigenvalue weighted by Gasteiger charge is 2.46. The fraction of sp³-hybridized carbons (Fsp3) is 0.370. The molecule has 5 rings (SSSR count). The third-order valence-electron chi connectivity index (χ3n) is 6.94. The second kappa shape index (κ2) is 10.0. The molecule has 9 heteroatoms. The van der Waals surface area contributed by atoms with Gasteiger partial charge in [0.2, 0.25) is 6.79 Å². The number of methoxy groups -OCH3 is 1. The zero-order chi connectivity index (χ0) is 25.2. The molecule has 0 aromatic heterocycles. The highest BCUT2D eigenvalue weighted by molar-refractivity contribution is 6.46. The summed E-state index contributed by atoms with van der Waals surface area (Å²) in [4.78, 5) is 42.2. The van der Waals surface area contributed by atoms with E-state index in [0.717, 1.165) is 25.9 Å². The van der Waals surface area contributed by atoms with Crippen molar-refractivity contribution < 1.29 is 33.7 Å². The molecule has 0 spiro atoms. The maximum absolute atomic E-state index is 13.3. The Bertz CT molecular complexity index is 1220. The number of esters is 1. The molecular weight excluding hydrogens is 464 g/mol. The van der Waals surface area contributed by atoms with Gasteiger partial charge in [-0.25, -0.2) is 4.79 Å². The SMILES string of the molecule is COC(=O)c1ccc(C2/C(=C(\O)c3ccc4c(c3)OCO4)C(=O)C(=O)N2CCN2CCCCC2)cc1. The van der Waals surface area contributed by atoms with Crippen LogP contribution in [0.1, 0.15) is 46.8 Å². The van der Waals surface area contributed by atoms with Crippen LogP contribution in [0.15, 0.2) is 48.0 Å². The normalized spacial score (nSPS) is 21.1. The number of nitrogens with zero attached hydrogens (tertiary/aromatic N) is 2. The minimum Gasteiger partial charge on any atom is -0.507 e. The first kappa shape index (κ1) is 23.9. The number of rotatable bonds is 6. The number of ether oxygens (including phenoxy) is 3. The predicted molar refractivity (Wildman–Crippen MR) is 130 cm³/mol. The van der Waals surface area contributed by atoms with Crippen molar-refractivity contribution in [1.29, 1.82) is 0 Å². The van der Waals surface area contributed by atoms with Gasteiger partial charge in [-0.15, -0.1) is 0 Å². The molecule has 2 saturated heterocycles. The molecule has 3 aliphatic rings. The summed E-state index contributed by atoms with van der Waals surface area (Å²) in [5, 5.41) is 11.3. The van der Waals surface area contributed by atoms with Gasteiger partial charge in [0, 0.05) is 18.7 Å². The summed E-state index contributed by atoms with van der Waals surface area (Å²) >= 11 is 0. The number of fused-ring (bicyclic) bond motifs is 1. The number of likely N-dealkylation sites (tertiary alicyclic amines) is 2. The number of benzene rings is 2. The highest BCUT2D eigenvalue weighted by atomic mass is 16.7. The van der Waals surface area contributed by atoms with Gasteiger partial charge in [0.1, 0.15) is 5.76 Å². The van der Waals surface area contributed by atoms with Gasteiger partial charge in [-0.2, -0.15) is 0 Å². The standard InChI is InChI=1S/C27H28N2O7/c1-34-27(33)18-7-5-17(6-8-18)23-22(24(30)19-9-10-20-21(15-19)36-16-35-20)25(31)26(32)29(23)14-13-28-11-3-2-4-12-28/h5-10,15,23,30H,2-4,11-14,16H2,1H3/b24-22+. The molecule has 2 aromatic rings. The van der Waals surface area contributed by atoms with Crippen LogP contribution in [-0.2, 0) is 14.3 Å². The molecule has 0 bridgehead atoms. The maximum atomic E-state index is 13.3. The lowest BCUT2D eigenvalue weighted by Gasteiger charge is -2.31. The Labute approximate surface area is 208 Å². The monoisotopic (exact) mass is 492 g/mol. The van der Waals surface area contributed by atoms with Crippen molar-refractivity contribution in [3.8, 4) is 11.5 Å². The zero-order valence-corrected chi connectivity index (χ0v) is 20.1. The van der Waals surface area contributed by atoms with Gasteiger partial charge in [-0.1, -0.05) is 18.6 Å². The van der Waals surface area contributed by atoms with Crippen LogP contribution in [0.5, 0.6) is 11.5 Å². The number of hydrogen-bond donors (Lipinski definition) is 1. The fourth-order valence-corrected chi connectivity index (χ4v) is 5.01. The van der Waals surface area contributed by atoms with Crippen molar-refractivity contribution >= 4 is 23.4 Å². The van der Waals surface area contributed by atoms with Gasteiger partial charge >= 0.3 is 5.97 Å². The summed E-state index contributed by atoms with van der Waals surface area (Å²) in [6.45, 7) is 2.96. The first-order chi connectivity index (χ1) is 17.5. The van der Waals surface area contributed by atoms with Crippen LogP contribution in [0.4, 0.5) is 0 Å². The number of aliphatic hydroxyl groups is 1. The first-order valence-corrected chi connectivity index (χ1v) is 12.1. The molecule has 36 heavy (non-hydrogen) atoms. The molecule has 1 unspecified atom stereocenters. The van der Waals surface area contributed by atoms with Gasteiger partial charge in [0.25, 0.3) is 11.7 Å². The molecule has 0 radical (unpaired) electrons. The summed E-state index contributed by atoms with van der Waals surface area (Å²) in [7, 11) is 1.30. The molecule has 3 aliphatic heterocycles. The number of Topliss-reactive ketones (excluding diaryl/α,β-unsaturated/α-hetero) is 1. The lowest BCUT2D eigenvalue weighted by molar-refractivity contribution is -0.140. The Balaban J connectivity index is 1.53. The topological polar surface area (TPSA) is 106 Å². The molecule has 1 atom stereocenters. The molecule has 2 fully saturated rings. The molecule has 2 aromatic carbocycles. The molecule has 9 nitrogen and oxygen atoms in total. The van der Waals surface area contributed by atoms with E-state index >= 15 is 0 Å². The van der Waals surface area contributed by atoms with Gasteiger partial charge in [-0.3, -0.25) is 9.59 Å². The third-order valence-corrected chi connectivity index (χ3v) is 6.94. The lowest BCUT2D eigenvalue weighted by atomic mass is 9.94. The van der Waals surface area contributed by atoms with E-state index in [-0.39, 0.29) is 18.1 Å². The number of piperidine rings is 1. The summed E-state index contributed by atoms with van der Waals surface area (Å²) < 4.78 is 15.5. The number of hydrogen-bond acceptors (Lipinski definition) is 8. The van der Waals surface area contributed by atoms with E-state index in [1.54, 1.807) is 42.5 Å². The Kier molecular flexibility index (Phi) is 6.65. The second-order valence-corrected chi connectivity index (χ2v) is 9.08. The van der Waals surface area contributed by atoms with Crippen LogP contribution < -0.4 is 9.47 Å². The van der Waals surface area contributed by atoms with Crippen LogP contribution in [0.3, 0.4) is 0 Å². The minimum absolute atomic E-state index is 0.00308. The van der Waals surface area contributed by atoms with E-state index in [1.165, 1.54) is 18.4 Å². The number of aliphatic hydroxyl groups excluding tert-OH is 1. The largest absolute Gasteiger partial charge is 0.507 e. The molecular formula is C27H28N2O7. The lowest BCUT2D eigenvalue weighted by Crippen LogP contribution is -2.40. The number of amides is 1. The second-order valence-electron chi connectivity index (χ2n) is 9.08.